The average Bonchev–Trinajstić information content (AvgIpc) is 2.67. The molecule has 0 fully saturated rings. The Labute approximate surface area is 157 Å². The quantitative estimate of drug-likeness (QED) is 0.473. The molecule has 0 spiro atoms. The maximum absolute atomic E-state index is 12.5. The second kappa shape index (κ2) is 8.49. The summed E-state index contributed by atoms with van der Waals surface area (Å²) in [5, 5.41) is 0.550. The molecule has 0 amide bonds. The van der Waals surface area contributed by atoms with Gasteiger partial charge >= 0.3 is 5.97 Å². The van der Waals surface area contributed by atoms with E-state index in [-0.39, 0.29) is 18.5 Å². The monoisotopic (exact) mass is 366 g/mol. The number of aryl methyl sites for hydroxylation is 2. The van der Waals surface area contributed by atoms with E-state index in [0.717, 1.165) is 17.7 Å². The van der Waals surface area contributed by atoms with Gasteiger partial charge in [-0.25, -0.2) is 4.98 Å². The van der Waals surface area contributed by atoms with Crippen LogP contribution in [0.4, 0.5) is 0 Å². The van der Waals surface area contributed by atoms with Crippen LogP contribution in [0.3, 0.4) is 0 Å². The second-order valence-corrected chi connectivity index (χ2v) is 6.26. The fourth-order valence-corrected chi connectivity index (χ4v) is 2.71. The Kier molecular flexibility index (Phi) is 5.86. The van der Waals surface area contributed by atoms with Gasteiger partial charge in [-0.05, 0) is 49.2 Å². The molecule has 1 heterocycles. The van der Waals surface area contributed by atoms with Crippen LogP contribution in [0, 0.1) is 6.92 Å². The van der Waals surface area contributed by atoms with Gasteiger partial charge in [-0.2, -0.15) is 0 Å². The summed E-state index contributed by atoms with van der Waals surface area (Å²) < 4.78 is 12.2. The van der Waals surface area contributed by atoms with Gasteiger partial charge in [0.1, 0.15) is 11.5 Å². The number of carbonyl (C=O) groups excluding carboxylic acids is 1. The lowest BCUT2D eigenvalue weighted by Gasteiger charge is -2.09. The molecule has 140 valence electrons. The zero-order valence-electron chi connectivity index (χ0n) is 15.5. The minimum atomic E-state index is -0.409. The highest BCUT2D eigenvalue weighted by Crippen LogP contribution is 2.18. The van der Waals surface area contributed by atoms with E-state index in [4.69, 9.17) is 9.47 Å². The highest BCUT2D eigenvalue weighted by atomic mass is 16.5. The summed E-state index contributed by atoms with van der Waals surface area (Å²) in [5.74, 6) is 0.776. The normalized spacial score (nSPS) is 10.7. The van der Waals surface area contributed by atoms with Crippen molar-refractivity contribution in [2.75, 3.05) is 6.61 Å². The van der Waals surface area contributed by atoms with Gasteiger partial charge in [0.15, 0.2) is 0 Å². The molecule has 0 bridgehead atoms. The van der Waals surface area contributed by atoms with E-state index < -0.39 is 5.97 Å². The summed E-state index contributed by atoms with van der Waals surface area (Å²) >= 11 is 0. The molecule has 0 aliphatic rings. The SMILES string of the molecule is CCCOc1ccc(OC(=O)CCn2cnc3c(C)cccc3c2=O)cc1. The van der Waals surface area contributed by atoms with E-state index in [1.54, 1.807) is 30.3 Å². The van der Waals surface area contributed by atoms with Gasteiger partial charge in [0.2, 0.25) is 0 Å². The van der Waals surface area contributed by atoms with Gasteiger partial charge in [0.05, 0.1) is 30.3 Å². The first kappa shape index (κ1) is 18.6. The zero-order chi connectivity index (χ0) is 19.2. The maximum atomic E-state index is 12.5. The van der Waals surface area contributed by atoms with Crippen LogP contribution in [0.2, 0.25) is 0 Å². The first-order chi connectivity index (χ1) is 13.1. The van der Waals surface area contributed by atoms with Gasteiger partial charge in [0, 0.05) is 6.54 Å². The number of nitrogens with zero attached hydrogens (tertiary/aromatic N) is 2. The molecule has 0 N–H and O–H groups in total. The van der Waals surface area contributed by atoms with Crippen LogP contribution < -0.4 is 15.0 Å². The van der Waals surface area contributed by atoms with Gasteiger partial charge in [0.25, 0.3) is 5.56 Å². The van der Waals surface area contributed by atoms with Crippen LogP contribution >= 0.6 is 0 Å². The lowest BCUT2D eigenvalue weighted by atomic mass is 10.1. The summed E-state index contributed by atoms with van der Waals surface area (Å²) in [6.07, 6.45) is 2.48. The van der Waals surface area contributed by atoms with E-state index in [1.807, 2.05) is 26.0 Å². The molecule has 0 saturated heterocycles. The molecule has 6 nitrogen and oxygen atoms in total. The Bertz CT molecular complexity index is 993. The molecule has 0 saturated carbocycles. The number of hydrogen-bond donors (Lipinski definition) is 0. The van der Waals surface area contributed by atoms with Crippen molar-refractivity contribution in [3.8, 4) is 11.5 Å². The van der Waals surface area contributed by atoms with Crippen molar-refractivity contribution in [2.45, 2.75) is 33.2 Å². The van der Waals surface area contributed by atoms with E-state index >= 15 is 0 Å². The summed E-state index contributed by atoms with van der Waals surface area (Å²) in [5.41, 5.74) is 1.48. The number of esters is 1. The molecule has 0 radical (unpaired) electrons. The number of para-hydroxylation sites is 1. The molecule has 6 heteroatoms. The molecule has 27 heavy (non-hydrogen) atoms. The standard InChI is InChI=1S/C21H22N2O4/c1-3-13-26-16-7-9-17(10-8-16)27-19(24)11-12-23-14-22-20-15(2)5-4-6-18(20)21(23)25/h4-10,14H,3,11-13H2,1-2H3. The Morgan fingerprint density at radius 2 is 1.85 bits per heavy atom. The van der Waals surface area contributed by atoms with Crippen molar-refractivity contribution in [3.05, 3.63) is 64.7 Å². The molecule has 0 aliphatic heterocycles. The van der Waals surface area contributed by atoms with Crippen molar-refractivity contribution in [3.63, 3.8) is 0 Å². The third-order valence-corrected chi connectivity index (χ3v) is 4.14. The molecule has 1 aromatic heterocycles. The fourth-order valence-electron chi connectivity index (χ4n) is 2.71. The number of aromatic nitrogens is 2. The minimum Gasteiger partial charge on any atom is -0.494 e. The van der Waals surface area contributed by atoms with E-state index in [0.29, 0.717) is 23.3 Å². The maximum Gasteiger partial charge on any atom is 0.312 e. The highest BCUT2D eigenvalue weighted by Gasteiger charge is 2.09. The van der Waals surface area contributed by atoms with Gasteiger partial charge in [-0.1, -0.05) is 19.1 Å². The molecule has 3 aromatic rings. The van der Waals surface area contributed by atoms with Gasteiger partial charge in [-0.3, -0.25) is 14.2 Å². The number of hydrogen-bond acceptors (Lipinski definition) is 5. The lowest BCUT2D eigenvalue weighted by molar-refractivity contribution is -0.134. The van der Waals surface area contributed by atoms with Crippen LogP contribution in [0.15, 0.2) is 53.6 Å². The predicted molar refractivity (Wildman–Crippen MR) is 103 cm³/mol. The Morgan fingerprint density at radius 3 is 2.59 bits per heavy atom. The molecular formula is C21H22N2O4. The molecule has 0 unspecified atom stereocenters. The Balaban J connectivity index is 1.61. The van der Waals surface area contributed by atoms with Crippen molar-refractivity contribution in [1.82, 2.24) is 9.55 Å². The third kappa shape index (κ3) is 4.53. The molecule has 0 aliphatic carbocycles. The summed E-state index contributed by atoms with van der Waals surface area (Å²) in [6.45, 7) is 4.81. The van der Waals surface area contributed by atoms with Crippen molar-refractivity contribution in [2.24, 2.45) is 0 Å². The smallest absolute Gasteiger partial charge is 0.312 e. The number of carbonyl (C=O) groups is 1. The zero-order valence-corrected chi connectivity index (χ0v) is 15.5. The molecule has 2 aromatic carbocycles. The number of rotatable bonds is 7. The largest absolute Gasteiger partial charge is 0.494 e. The van der Waals surface area contributed by atoms with Crippen LogP contribution in [0.5, 0.6) is 11.5 Å². The van der Waals surface area contributed by atoms with Gasteiger partial charge < -0.3 is 9.47 Å². The topological polar surface area (TPSA) is 70.4 Å². The van der Waals surface area contributed by atoms with E-state index in [9.17, 15) is 9.59 Å². The lowest BCUT2D eigenvalue weighted by Crippen LogP contribution is -2.23. The predicted octanol–water partition coefficient (Wildman–Crippen LogP) is 3.49. The fraction of sp³-hybridized carbons (Fsp3) is 0.286. The van der Waals surface area contributed by atoms with E-state index in [2.05, 4.69) is 4.98 Å². The highest BCUT2D eigenvalue weighted by molar-refractivity contribution is 5.80. The third-order valence-electron chi connectivity index (χ3n) is 4.14. The van der Waals surface area contributed by atoms with Crippen LogP contribution in [-0.4, -0.2) is 22.1 Å². The molecule has 0 atom stereocenters. The summed E-state index contributed by atoms with van der Waals surface area (Å²) in [7, 11) is 0. The first-order valence-corrected chi connectivity index (χ1v) is 8.97. The number of fused-ring (bicyclic) bond motifs is 1. The molecular weight excluding hydrogens is 344 g/mol. The van der Waals surface area contributed by atoms with Crippen LogP contribution in [0.25, 0.3) is 10.9 Å². The second-order valence-electron chi connectivity index (χ2n) is 6.26. The van der Waals surface area contributed by atoms with Gasteiger partial charge in [-0.15, -0.1) is 0 Å². The minimum absolute atomic E-state index is 0.0764. The average molecular weight is 366 g/mol. The first-order valence-electron chi connectivity index (χ1n) is 8.97. The summed E-state index contributed by atoms with van der Waals surface area (Å²) in [6, 6.07) is 12.4. The van der Waals surface area contributed by atoms with Crippen LogP contribution in [-0.2, 0) is 11.3 Å². The van der Waals surface area contributed by atoms with Crippen molar-refractivity contribution >= 4 is 16.9 Å². The number of ether oxygens (including phenoxy) is 2. The van der Waals surface area contributed by atoms with Crippen LogP contribution in [0.1, 0.15) is 25.3 Å². The summed E-state index contributed by atoms with van der Waals surface area (Å²) in [4.78, 5) is 28.9. The Hall–Kier alpha value is -3.15. The van der Waals surface area contributed by atoms with E-state index in [1.165, 1.54) is 10.9 Å². The van der Waals surface area contributed by atoms with Crippen molar-refractivity contribution < 1.29 is 14.3 Å². The van der Waals surface area contributed by atoms with Crippen molar-refractivity contribution in [1.29, 1.82) is 0 Å². The number of benzene rings is 2. The Morgan fingerprint density at radius 1 is 1.11 bits per heavy atom. The molecule has 3 rings (SSSR count).